The van der Waals surface area contributed by atoms with Crippen LogP contribution in [0.2, 0.25) is 0 Å². The van der Waals surface area contributed by atoms with E-state index in [0.717, 1.165) is 12.8 Å². The number of hydrogen-bond acceptors (Lipinski definition) is 4. The third kappa shape index (κ3) is 5.00. The molecule has 1 fully saturated rings. The fourth-order valence-electron chi connectivity index (χ4n) is 3.17. The maximum absolute atomic E-state index is 12.4. The van der Waals surface area contributed by atoms with Gasteiger partial charge in [0, 0.05) is 25.7 Å². The number of amides is 2. The third-order valence-corrected chi connectivity index (χ3v) is 4.76. The number of furan rings is 1. The van der Waals surface area contributed by atoms with Gasteiger partial charge in [0.25, 0.3) is 5.91 Å². The molecule has 0 atom stereocenters. The normalized spacial score (nSPS) is 15.1. The zero-order chi connectivity index (χ0) is 19.1. The van der Waals surface area contributed by atoms with E-state index in [9.17, 15) is 9.59 Å². The van der Waals surface area contributed by atoms with Gasteiger partial charge in [-0.2, -0.15) is 0 Å². The fourth-order valence-corrected chi connectivity index (χ4v) is 3.17. The predicted molar refractivity (Wildman–Crippen MR) is 102 cm³/mol. The van der Waals surface area contributed by atoms with Gasteiger partial charge in [-0.3, -0.25) is 9.59 Å². The molecule has 1 aliphatic heterocycles. The SMILES string of the molecule is COc1ccccc1C(=O)NCC1CCN(C(=O)/C=C/c2ccco2)CC1. The number of benzene rings is 1. The summed E-state index contributed by atoms with van der Waals surface area (Å²) in [4.78, 5) is 26.4. The topological polar surface area (TPSA) is 71.8 Å². The van der Waals surface area contributed by atoms with Gasteiger partial charge in [-0.1, -0.05) is 12.1 Å². The monoisotopic (exact) mass is 368 g/mol. The van der Waals surface area contributed by atoms with Gasteiger partial charge in [0.2, 0.25) is 5.91 Å². The number of nitrogens with one attached hydrogen (secondary N) is 1. The van der Waals surface area contributed by atoms with Gasteiger partial charge in [0.05, 0.1) is 18.9 Å². The number of carbonyl (C=O) groups excluding carboxylic acids is 2. The van der Waals surface area contributed by atoms with Crippen LogP contribution in [-0.4, -0.2) is 43.5 Å². The highest BCUT2D eigenvalue weighted by atomic mass is 16.5. The van der Waals surface area contributed by atoms with Crippen LogP contribution < -0.4 is 10.1 Å². The molecule has 1 saturated heterocycles. The summed E-state index contributed by atoms with van der Waals surface area (Å²) in [6.45, 7) is 1.98. The molecule has 27 heavy (non-hydrogen) atoms. The van der Waals surface area contributed by atoms with Crippen molar-refractivity contribution in [3.63, 3.8) is 0 Å². The van der Waals surface area contributed by atoms with E-state index >= 15 is 0 Å². The molecule has 0 saturated carbocycles. The zero-order valence-corrected chi connectivity index (χ0v) is 15.4. The number of para-hydroxylation sites is 1. The number of rotatable bonds is 6. The van der Waals surface area contributed by atoms with E-state index in [1.165, 1.54) is 0 Å². The van der Waals surface area contributed by atoms with Crippen LogP contribution in [0.5, 0.6) is 5.75 Å². The molecule has 0 unspecified atom stereocenters. The predicted octanol–water partition coefficient (Wildman–Crippen LogP) is 2.97. The molecule has 6 heteroatoms. The molecule has 2 aromatic rings. The number of nitrogens with zero attached hydrogens (tertiary/aromatic N) is 1. The smallest absolute Gasteiger partial charge is 0.255 e. The van der Waals surface area contributed by atoms with Crippen molar-refractivity contribution >= 4 is 17.9 Å². The van der Waals surface area contributed by atoms with Crippen LogP contribution in [-0.2, 0) is 4.79 Å². The molecule has 2 amide bonds. The standard InChI is InChI=1S/C21H24N2O4/c1-26-19-7-3-2-6-18(19)21(25)22-15-16-10-12-23(13-11-16)20(24)9-8-17-5-4-14-27-17/h2-9,14,16H,10-13,15H2,1H3,(H,22,25)/b9-8+. The fraction of sp³-hybridized carbons (Fsp3) is 0.333. The molecule has 142 valence electrons. The maximum Gasteiger partial charge on any atom is 0.255 e. The van der Waals surface area contributed by atoms with Crippen LogP contribution in [0, 0.1) is 5.92 Å². The first-order valence-electron chi connectivity index (χ1n) is 9.09. The Morgan fingerprint density at radius 2 is 2.00 bits per heavy atom. The molecular weight excluding hydrogens is 344 g/mol. The highest BCUT2D eigenvalue weighted by Crippen LogP contribution is 2.19. The summed E-state index contributed by atoms with van der Waals surface area (Å²) in [6.07, 6.45) is 6.54. The van der Waals surface area contributed by atoms with Crippen molar-refractivity contribution in [1.82, 2.24) is 10.2 Å². The summed E-state index contributed by atoms with van der Waals surface area (Å²) in [5, 5.41) is 2.98. The Labute approximate surface area is 158 Å². The molecule has 6 nitrogen and oxygen atoms in total. The van der Waals surface area contributed by atoms with Crippen molar-refractivity contribution in [2.75, 3.05) is 26.7 Å². The lowest BCUT2D eigenvalue weighted by Crippen LogP contribution is -2.41. The molecule has 2 heterocycles. The Morgan fingerprint density at radius 1 is 1.22 bits per heavy atom. The highest BCUT2D eigenvalue weighted by molar-refractivity contribution is 5.96. The van der Waals surface area contributed by atoms with Crippen LogP contribution in [0.3, 0.4) is 0 Å². The molecule has 0 bridgehead atoms. The maximum atomic E-state index is 12.4. The third-order valence-electron chi connectivity index (χ3n) is 4.76. The van der Waals surface area contributed by atoms with E-state index in [1.54, 1.807) is 49.8 Å². The summed E-state index contributed by atoms with van der Waals surface area (Å²) in [5.41, 5.74) is 0.538. The number of likely N-dealkylation sites (tertiary alicyclic amines) is 1. The van der Waals surface area contributed by atoms with Crippen LogP contribution >= 0.6 is 0 Å². The molecule has 3 rings (SSSR count). The molecule has 1 N–H and O–H groups in total. The lowest BCUT2D eigenvalue weighted by atomic mass is 9.96. The second-order valence-corrected chi connectivity index (χ2v) is 6.53. The summed E-state index contributed by atoms with van der Waals surface area (Å²) in [6, 6.07) is 10.8. The van der Waals surface area contributed by atoms with Gasteiger partial charge >= 0.3 is 0 Å². The molecule has 0 aliphatic carbocycles. The van der Waals surface area contributed by atoms with Crippen molar-refractivity contribution in [2.24, 2.45) is 5.92 Å². The summed E-state index contributed by atoms with van der Waals surface area (Å²) in [5.74, 6) is 1.45. The Morgan fingerprint density at radius 3 is 2.70 bits per heavy atom. The minimum Gasteiger partial charge on any atom is -0.496 e. The van der Waals surface area contributed by atoms with E-state index in [0.29, 0.717) is 42.6 Å². The number of carbonyl (C=O) groups is 2. The van der Waals surface area contributed by atoms with Crippen LogP contribution in [0.4, 0.5) is 0 Å². The van der Waals surface area contributed by atoms with E-state index in [2.05, 4.69) is 5.32 Å². The molecule has 1 aromatic carbocycles. The second kappa shape index (κ2) is 9.07. The first kappa shape index (κ1) is 18.8. The Balaban J connectivity index is 1.44. The minimum atomic E-state index is -0.132. The van der Waals surface area contributed by atoms with Gasteiger partial charge in [-0.05, 0) is 49.1 Å². The van der Waals surface area contributed by atoms with Crippen LogP contribution in [0.15, 0.2) is 53.2 Å². The average molecular weight is 368 g/mol. The van der Waals surface area contributed by atoms with Gasteiger partial charge in [-0.15, -0.1) is 0 Å². The Kier molecular flexibility index (Phi) is 6.30. The lowest BCUT2D eigenvalue weighted by molar-refractivity contribution is -0.127. The quantitative estimate of drug-likeness (QED) is 0.796. The summed E-state index contributed by atoms with van der Waals surface area (Å²) in [7, 11) is 1.55. The first-order chi connectivity index (χ1) is 13.2. The van der Waals surface area contributed by atoms with Gasteiger partial charge in [-0.25, -0.2) is 0 Å². The number of ether oxygens (including phenoxy) is 1. The number of hydrogen-bond donors (Lipinski definition) is 1. The summed E-state index contributed by atoms with van der Waals surface area (Å²) >= 11 is 0. The minimum absolute atomic E-state index is 0.0112. The Bertz CT molecular complexity index is 790. The van der Waals surface area contributed by atoms with Crippen molar-refractivity contribution in [1.29, 1.82) is 0 Å². The van der Waals surface area contributed by atoms with Gasteiger partial charge in [0.1, 0.15) is 11.5 Å². The van der Waals surface area contributed by atoms with Gasteiger partial charge < -0.3 is 19.4 Å². The van der Waals surface area contributed by atoms with Crippen molar-refractivity contribution in [2.45, 2.75) is 12.8 Å². The second-order valence-electron chi connectivity index (χ2n) is 6.53. The van der Waals surface area contributed by atoms with E-state index in [4.69, 9.17) is 9.15 Å². The molecule has 0 radical (unpaired) electrons. The lowest BCUT2D eigenvalue weighted by Gasteiger charge is -2.31. The van der Waals surface area contributed by atoms with Crippen molar-refractivity contribution < 1.29 is 18.7 Å². The zero-order valence-electron chi connectivity index (χ0n) is 15.4. The molecule has 1 aromatic heterocycles. The highest BCUT2D eigenvalue weighted by Gasteiger charge is 2.22. The summed E-state index contributed by atoms with van der Waals surface area (Å²) < 4.78 is 10.4. The van der Waals surface area contributed by atoms with Crippen molar-refractivity contribution in [3.8, 4) is 5.75 Å². The van der Waals surface area contributed by atoms with E-state index in [-0.39, 0.29) is 11.8 Å². The number of methoxy groups -OCH3 is 1. The van der Waals surface area contributed by atoms with Crippen molar-refractivity contribution in [3.05, 3.63) is 60.1 Å². The molecule has 0 spiro atoms. The van der Waals surface area contributed by atoms with Gasteiger partial charge in [0.15, 0.2) is 0 Å². The van der Waals surface area contributed by atoms with Crippen LogP contribution in [0.25, 0.3) is 6.08 Å². The average Bonchev–Trinajstić information content (AvgIpc) is 3.24. The largest absolute Gasteiger partial charge is 0.496 e. The molecular formula is C21H24N2O4. The Hall–Kier alpha value is -3.02. The first-order valence-corrected chi connectivity index (χ1v) is 9.09. The van der Waals surface area contributed by atoms with E-state index < -0.39 is 0 Å². The van der Waals surface area contributed by atoms with E-state index in [1.807, 2.05) is 17.0 Å². The number of piperidine rings is 1. The van der Waals surface area contributed by atoms with Crippen LogP contribution in [0.1, 0.15) is 29.0 Å². The molecule has 1 aliphatic rings.